The van der Waals surface area contributed by atoms with Crippen molar-refractivity contribution in [3.63, 3.8) is 0 Å². The van der Waals surface area contributed by atoms with Gasteiger partial charge in [-0.1, -0.05) is 12.1 Å². The number of ether oxygens (including phenoxy) is 2. The Kier molecular flexibility index (Phi) is 4.58. The highest BCUT2D eigenvalue weighted by Crippen LogP contribution is 2.31. The van der Waals surface area contributed by atoms with Gasteiger partial charge in [-0.3, -0.25) is 9.78 Å². The highest BCUT2D eigenvalue weighted by Gasteiger charge is 2.30. The first-order chi connectivity index (χ1) is 12.8. The molecule has 1 aliphatic heterocycles. The van der Waals surface area contributed by atoms with Crippen molar-refractivity contribution >= 4 is 16.8 Å². The van der Waals surface area contributed by atoms with E-state index in [-0.39, 0.29) is 18.1 Å². The predicted octanol–water partition coefficient (Wildman–Crippen LogP) is 3.22. The summed E-state index contributed by atoms with van der Waals surface area (Å²) in [6.07, 6.45) is 5.09. The summed E-state index contributed by atoms with van der Waals surface area (Å²) in [6, 6.07) is 11.5. The van der Waals surface area contributed by atoms with Crippen LogP contribution in [0.2, 0.25) is 0 Å². The van der Waals surface area contributed by atoms with Crippen molar-refractivity contribution in [2.75, 3.05) is 13.7 Å². The standard InChI is InChI=1S/C20H21N3O3/c1-25-19-14-5-2-3-6-15(14)22-17(19)20(24)23-16-7-4-12-26-18(16)13-8-10-21-11-9-13/h2-3,5-6,8-11,16,18,22H,4,7,12H2,1H3,(H,23,24)/t16-,18+/m0/s1. The number of fused-ring (bicyclic) bond motifs is 1. The van der Waals surface area contributed by atoms with Gasteiger partial charge < -0.3 is 19.8 Å². The fraction of sp³-hybridized carbons (Fsp3) is 0.300. The maximum Gasteiger partial charge on any atom is 0.271 e. The molecule has 0 aliphatic carbocycles. The zero-order chi connectivity index (χ0) is 17.9. The zero-order valence-electron chi connectivity index (χ0n) is 14.6. The maximum absolute atomic E-state index is 12.9. The molecule has 3 heterocycles. The van der Waals surface area contributed by atoms with E-state index in [1.807, 2.05) is 36.4 Å². The third kappa shape index (κ3) is 3.04. The Hall–Kier alpha value is -2.86. The lowest BCUT2D eigenvalue weighted by Crippen LogP contribution is -2.43. The number of benzene rings is 1. The molecule has 0 bridgehead atoms. The Morgan fingerprint density at radius 3 is 2.88 bits per heavy atom. The van der Waals surface area contributed by atoms with Crippen LogP contribution < -0.4 is 10.1 Å². The number of para-hydroxylation sites is 1. The van der Waals surface area contributed by atoms with Crippen LogP contribution in [-0.4, -0.2) is 35.6 Å². The van der Waals surface area contributed by atoms with E-state index >= 15 is 0 Å². The SMILES string of the molecule is COc1c(C(=O)N[C@H]2CCCO[C@@H]2c2ccncc2)[nH]c2ccccc12. The molecular formula is C20H21N3O3. The van der Waals surface area contributed by atoms with E-state index < -0.39 is 0 Å². The number of aromatic amines is 1. The molecule has 134 valence electrons. The van der Waals surface area contributed by atoms with Gasteiger partial charge in [0.05, 0.1) is 13.2 Å². The van der Waals surface area contributed by atoms with Crippen molar-refractivity contribution in [3.05, 3.63) is 60.0 Å². The summed E-state index contributed by atoms with van der Waals surface area (Å²) < 4.78 is 11.4. The molecule has 1 fully saturated rings. The van der Waals surface area contributed by atoms with Crippen molar-refractivity contribution in [2.45, 2.75) is 25.0 Å². The summed E-state index contributed by atoms with van der Waals surface area (Å²) in [7, 11) is 1.58. The molecule has 1 aromatic carbocycles. The quantitative estimate of drug-likeness (QED) is 0.757. The Morgan fingerprint density at radius 2 is 2.08 bits per heavy atom. The maximum atomic E-state index is 12.9. The summed E-state index contributed by atoms with van der Waals surface area (Å²) >= 11 is 0. The van der Waals surface area contributed by atoms with Crippen LogP contribution in [0, 0.1) is 0 Å². The van der Waals surface area contributed by atoms with Gasteiger partial charge in [-0.2, -0.15) is 0 Å². The molecule has 2 N–H and O–H groups in total. The molecule has 0 radical (unpaired) electrons. The first-order valence-electron chi connectivity index (χ1n) is 8.75. The van der Waals surface area contributed by atoms with Crippen molar-refractivity contribution in [3.8, 4) is 5.75 Å². The van der Waals surface area contributed by atoms with Crippen molar-refractivity contribution < 1.29 is 14.3 Å². The molecule has 1 amide bonds. The van der Waals surface area contributed by atoms with Crippen LogP contribution in [0.15, 0.2) is 48.8 Å². The molecule has 3 aromatic rings. The average molecular weight is 351 g/mol. The molecule has 26 heavy (non-hydrogen) atoms. The molecule has 0 spiro atoms. The minimum Gasteiger partial charge on any atom is -0.494 e. The van der Waals surface area contributed by atoms with E-state index in [1.54, 1.807) is 19.5 Å². The number of methoxy groups -OCH3 is 1. The van der Waals surface area contributed by atoms with Crippen molar-refractivity contribution in [1.29, 1.82) is 0 Å². The van der Waals surface area contributed by atoms with Crippen molar-refractivity contribution in [2.24, 2.45) is 0 Å². The zero-order valence-corrected chi connectivity index (χ0v) is 14.6. The highest BCUT2D eigenvalue weighted by molar-refractivity contribution is 6.03. The lowest BCUT2D eigenvalue weighted by molar-refractivity contribution is -0.00957. The van der Waals surface area contributed by atoms with E-state index in [1.165, 1.54) is 0 Å². The first-order valence-corrected chi connectivity index (χ1v) is 8.75. The molecule has 1 aliphatic rings. The lowest BCUT2D eigenvalue weighted by atomic mass is 9.96. The van der Waals surface area contributed by atoms with E-state index in [0.29, 0.717) is 18.1 Å². The number of amides is 1. The number of nitrogens with zero attached hydrogens (tertiary/aromatic N) is 1. The fourth-order valence-electron chi connectivity index (χ4n) is 3.54. The van der Waals surface area contributed by atoms with E-state index in [4.69, 9.17) is 9.47 Å². The van der Waals surface area contributed by atoms with Crippen LogP contribution in [0.3, 0.4) is 0 Å². The summed E-state index contributed by atoms with van der Waals surface area (Å²) in [5.41, 5.74) is 2.33. The third-order valence-electron chi connectivity index (χ3n) is 4.76. The van der Waals surface area contributed by atoms with E-state index in [2.05, 4.69) is 15.3 Å². The van der Waals surface area contributed by atoms with Crippen LogP contribution in [0.5, 0.6) is 5.75 Å². The van der Waals surface area contributed by atoms with Gasteiger partial charge in [-0.15, -0.1) is 0 Å². The van der Waals surface area contributed by atoms with Gasteiger partial charge >= 0.3 is 0 Å². The molecule has 6 heteroatoms. The number of nitrogens with one attached hydrogen (secondary N) is 2. The van der Waals surface area contributed by atoms with Crippen LogP contribution in [0.4, 0.5) is 0 Å². The van der Waals surface area contributed by atoms with Crippen LogP contribution in [-0.2, 0) is 4.74 Å². The minimum absolute atomic E-state index is 0.102. The Labute approximate surface area is 151 Å². The summed E-state index contributed by atoms with van der Waals surface area (Å²) in [4.78, 5) is 20.2. The summed E-state index contributed by atoms with van der Waals surface area (Å²) in [5, 5.41) is 4.02. The average Bonchev–Trinajstić information content (AvgIpc) is 3.08. The Morgan fingerprint density at radius 1 is 1.27 bits per heavy atom. The second-order valence-electron chi connectivity index (χ2n) is 6.37. The Bertz CT molecular complexity index is 907. The molecule has 2 atom stereocenters. The first kappa shape index (κ1) is 16.6. The summed E-state index contributed by atoms with van der Waals surface area (Å²) in [5.74, 6) is 0.378. The molecular weight excluding hydrogens is 330 g/mol. The number of hydrogen-bond donors (Lipinski definition) is 2. The number of H-pyrrole nitrogens is 1. The van der Waals surface area contributed by atoms with Crippen LogP contribution in [0.1, 0.15) is 35.0 Å². The van der Waals surface area contributed by atoms with Gasteiger partial charge in [0.2, 0.25) is 0 Å². The van der Waals surface area contributed by atoms with Gasteiger partial charge in [-0.05, 0) is 42.7 Å². The molecule has 1 saturated heterocycles. The number of pyridine rings is 1. The number of hydrogen-bond acceptors (Lipinski definition) is 4. The monoisotopic (exact) mass is 351 g/mol. The molecule has 0 unspecified atom stereocenters. The number of rotatable bonds is 4. The van der Waals surface area contributed by atoms with Gasteiger partial charge in [0.15, 0.2) is 5.75 Å². The molecule has 6 nitrogen and oxygen atoms in total. The molecule has 0 saturated carbocycles. The van der Waals surface area contributed by atoms with Gasteiger partial charge in [0.1, 0.15) is 11.8 Å². The highest BCUT2D eigenvalue weighted by atomic mass is 16.5. The number of carbonyl (C=O) groups is 1. The second kappa shape index (κ2) is 7.17. The van der Waals surface area contributed by atoms with Crippen LogP contribution in [0.25, 0.3) is 10.9 Å². The smallest absolute Gasteiger partial charge is 0.271 e. The van der Waals surface area contributed by atoms with E-state index in [9.17, 15) is 4.79 Å². The van der Waals surface area contributed by atoms with Gasteiger partial charge in [0, 0.05) is 29.9 Å². The predicted molar refractivity (Wildman–Crippen MR) is 98.3 cm³/mol. The van der Waals surface area contributed by atoms with Gasteiger partial charge in [0.25, 0.3) is 5.91 Å². The molecule has 2 aromatic heterocycles. The summed E-state index contributed by atoms with van der Waals surface area (Å²) in [6.45, 7) is 0.690. The Balaban J connectivity index is 1.61. The van der Waals surface area contributed by atoms with Crippen LogP contribution >= 0.6 is 0 Å². The minimum atomic E-state index is -0.187. The molecule has 4 rings (SSSR count). The topological polar surface area (TPSA) is 76.2 Å². The lowest BCUT2D eigenvalue weighted by Gasteiger charge is -2.32. The normalized spacial score (nSPS) is 20.0. The van der Waals surface area contributed by atoms with E-state index in [0.717, 1.165) is 29.3 Å². The van der Waals surface area contributed by atoms with Crippen molar-refractivity contribution in [1.82, 2.24) is 15.3 Å². The third-order valence-corrected chi connectivity index (χ3v) is 4.76. The second-order valence-corrected chi connectivity index (χ2v) is 6.37. The van der Waals surface area contributed by atoms with Gasteiger partial charge in [-0.25, -0.2) is 0 Å². The number of carbonyl (C=O) groups excluding carboxylic acids is 1. The number of aromatic nitrogens is 2. The largest absolute Gasteiger partial charge is 0.494 e. The fourth-order valence-corrected chi connectivity index (χ4v) is 3.54.